The van der Waals surface area contributed by atoms with Crippen molar-refractivity contribution in [1.29, 1.82) is 0 Å². The number of nitrogen functional groups attached to an aromatic ring is 1. The number of H-pyrrole nitrogens is 1. The van der Waals surface area contributed by atoms with Crippen LogP contribution in [0, 0.1) is 4.77 Å². The minimum absolute atomic E-state index is 0.415. The van der Waals surface area contributed by atoms with Crippen LogP contribution in [0.25, 0.3) is 0 Å². The number of pyridine rings is 1. The average molecular weight is 239 g/mol. The summed E-state index contributed by atoms with van der Waals surface area (Å²) in [6.45, 7) is 0. The van der Waals surface area contributed by atoms with Crippen LogP contribution in [-0.2, 0) is 5.75 Å². The standard InChI is InChI=1S/C8H9N5S2/c9-13-7(14)11-12-8(13)15-5-6-3-1-2-4-10-6/h1-4H,5,9H2,(H,11,14). The minimum Gasteiger partial charge on any atom is -0.335 e. The molecular weight excluding hydrogens is 230 g/mol. The Kier molecular flexibility index (Phi) is 3.02. The number of aromatic nitrogens is 4. The van der Waals surface area contributed by atoms with Crippen molar-refractivity contribution in [2.24, 2.45) is 0 Å². The molecule has 0 aliphatic rings. The molecule has 78 valence electrons. The van der Waals surface area contributed by atoms with E-state index >= 15 is 0 Å². The fraction of sp³-hybridized carbons (Fsp3) is 0.125. The van der Waals surface area contributed by atoms with Gasteiger partial charge in [-0.3, -0.25) is 4.98 Å². The molecular formula is C8H9N5S2. The van der Waals surface area contributed by atoms with Crippen LogP contribution < -0.4 is 5.84 Å². The first kappa shape index (κ1) is 10.2. The maximum atomic E-state index is 5.64. The van der Waals surface area contributed by atoms with Crippen molar-refractivity contribution in [3.63, 3.8) is 0 Å². The third kappa shape index (κ3) is 2.37. The summed E-state index contributed by atoms with van der Waals surface area (Å²) < 4.78 is 1.77. The Hall–Kier alpha value is -1.34. The Labute approximate surface area is 95.7 Å². The molecule has 0 bridgehead atoms. The number of nitrogens with zero attached hydrogens (tertiary/aromatic N) is 3. The first-order chi connectivity index (χ1) is 7.27. The third-order valence-corrected chi connectivity index (χ3v) is 3.02. The zero-order chi connectivity index (χ0) is 10.7. The van der Waals surface area contributed by atoms with Gasteiger partial charge in [0.25, 0.3) is 0 Å². The summed E-state index contributed by atoms with van der Waals surface area (Å²) in [6, 6.07) is 5.78. The molecule has 2 aromatic heterocycles. The molecule has 0 saturated carbocycles. The Bertz CT molecular complexity index is 489. The molecule has 0 spiro atoms. The fourth-order valence-corrected chi connectivity index (χ4v) is 1.99. The molecule has 0 unspecified atom stereocenters. The molecule has 0 aliphatic heterocycles. The predicted molar refractivity (Wildman–Crippen MR) is 61.4 cm³/mol. The second kappa shape index (κ2) is 4.45. The summed E-state index contributed by atoms with van der Waals surface area (Å²) in [5, 5.41) is 7.27. The molecule has 5 nitrogen and oxygen atoms in total. The molecule has 15 heavy (non-hydrogen) atoms. The van der Waals surface area contributed by atoms with Crippen molar-refractivity contribution in [2.45, 2.75) is 10.9 Å². The number of rotatable bonds is 3. The maximum absolute atomic E-state index is 5.64. The van der Waals surface area contributed by atoms with Gasteiger partial charge in [0.2, 0.25) is 9.93 Å². The fourth-order valence-electron chi connectivity index (χ4n) is 1.01. The lowest BCUT2D eigenvalue weighted by Gasteiger charge is -1.99. The van der Waals surface area contributed by atoms with Gasteiger partial charge in [0.15, 0.2) is 0 Å². The monoisotopic (exact) mass is 239 g/mol. The first-order valence-corrected chi connectivity index (χ1v) is 5.62. The largest absolute Gasteiger partial charge is 0.335 e. The van der Waals surface area contributed by atoms with E-state index in [0.29, 0.717) is 9.93 Å². The zero-order valence-corrected chi connectivity index (χ0v) is 9.38. The van der Waals surface area contributed by atoms with Crippen molar-refractivity contribution < 1.29 is 0 Å². The molecule has 0 aromatic carbocycles. The van der Waals surface area contributed by atoms with Crippen molar-refractivity contribution in [2.75, 3.05) is 5.84 Å². The number of nitrogens with one attached hydrogen (secondary N) is 1. The van der Waals surface area contributed by atoms with Crippen molar-refractivity contribution in [3.05, 3.63) is 34.9 Å². The van der Waals surface area contributed by atoms with E-state index in [2.05, 4.69) is 15.2 Å². The summed E-state index contributed by atoms with van der Waals surface area (Å²) in [5.74, 6) is 6.36. The number of hydrogen-bond donors (Lipinski definition) is 2. The highest BCUT2D eigenvalue weighted by Crippen LogP contribution is 2.17. The summed E-state index contributed by atoms with van der Waals surface area (Å²) in [7, 11) is 0. The van der Waals surface area contributed by atoms with Crippen LogP contribution in [0.1, 0.15) is 5.69 Å². The van der Waals surface area contributed by atoms with Gasteiger partial charge in [0.05, 0.1) is 5.69 Å². The van der Waals surface area contributed by atoms with E-state index in [-0.39, 0.29) is 0 Å². The second-order valence-electron chi connectivity index (χ2n) is 2.79. The SMILES string of the molecule is Nn1c(SCc2ccccn2)n[nH]c1=S. The summed E-state index contributed by atoms with van der Waals surface area (Å²) in [4.78, 5) is 4.20. The van der Waals surface area contributed by atoms with Crippen LogP contribution in [0.3, 0.4) is 0 Å². The molecule has 0 amide bonds. The molecule has 0 fully saturated rings. The van der Waals surface area contributed by atoms with Gasteiger partial charge in [0, 0.05) is 11.9 Å². The van der Waals surface area contributed by atoms with E-state index in [9.17, 15) is 0 Å². The van der Waals surface area contributed by atoms with Gasteiger partial charge in [0.1, 0.15) is 0 Å². The van der Waals surface area contributed by atoms with Crippen LogP contribution in [0.4, 0.5) is 0 Å². The lowest BCUT2D eigenvalue weighted by Crippen LogP contribution is -2.09. The van der Waals surface area contributed by atoms with E-state index < -0.39 is 0 Å². The Morgan fingerprint density at radius 2 is 2.40 bits per heavy atom. The topological polar surface area (TPSA) is 72.5 Å². The number of aromatic amines is 1. The van der Waals surface area contributed by atoms with Crippen molar-refractivity contribution >= 4 is 24.0 Å². The highest BCUT2D eigenvalue weighted by molar-refractivity contribution is 7.98. The highest BCUT2D eigenvalue weighted by Gasteiger charge is 2.04. The van der Waals surface area contributed by atoms with Crippen LogP contribution in [0.5, 0.6) is 0 Å². The van der Waals surface area contributed by atoms with Crippen molar-refractivity contribution in [3.8, 4) is 0 Å². The minimum atomic E-state index is 0.415. The molecule has 0 aliphatic carbocycles. The number of hydrogen-bond acceptors (Lipinski definition) is 5. The predicted octanol–water partition coefficient (Wildman–Crippen LogP) is 1.34. The molecule has 2 aromatic rings. The van der Waals surface area contributed by atoms with Crippen LogP contribution >= 0.6 is 24.0 Å². The molecule has 0 radical (unpaired) electrons. The molecule has 0 saturated heterocycles. The summed E-state index contributed by atoms with van der Waals surface area (Å²) in [6.07, 6.45) is 1.76. The molecule has 0 atom stereocenters. The van der Waals surface area contributed by atoms with E-state index in [1.54, 1.807) is 6.20 Å². The van der Waals surface area contributed by atoms with Crippen LogP contribution in [0.15, 0.2) is 29.6 Å². The quantitative estimate of drug-likeness (QED) is 0.480. The zero-order valence-electron chi connectivity index (χ0n) is 7.75. The highest BCUT2D eigenvalue weighted by atomic mass is 32.2. The summed E-state index contributed by atoms with van der Waals surface area (Å²) >= 11 is 6.38. The van der Waals surface area contributed by atoms with Gasteiger partial charge in [-0.1, -0.05) is 17.8 Å². The maximum Gasteiger partial charge on any atom is 0.214 e. The van der Waals surface area contributed by atoms with E-state index in [4.69, 9.17) is 18.1 Å². The lowest BCUT2D eigenvalue weighted by atomic mass is 10.4. The van der Waals surface area contributed by atoms with Gasteiger partial charge < -0.3 is 5.84 Å². The second-order valence-corrected chi connectivity index (χ2v) is 4.12. The Morgan fingerprint density at radius 3 is 3.00 bits per heavy atom. The van der Waals surface area contributed by atoms with Crippen LogP contribution in [-0.4, -0.2) is 19.9 Å². The summed E-state index contributed by atoms with van der Waals surface area (Å²) in [5.41, 5.74) is 0.983. The van der Waals surface area contributed by atoms with E-state index in [1.165, 1.54) is 16.4 Å². The van der Waals surface area contributed by atoms with Gasteiger partial charge in [-0.25, -0.2) is 9.77 Å². The Balaban J connectivity index is 2.06. The van der Waals surface area contributed by atoms with Gasteiger partial charge in [-0.2, -0.15) is 0 Å². The molecule has 2 rings (SSSR count). The van der Waals surface area contributed by atoms with Gasteiger partial charge in [-0.05, 0) is 24.4 Å². The molecule has 2 heterocycles. The van der Waals surface area contributed by atoms with Crippen molar-refractivity contribution in [1.82, 2.24) is 19.9 Å². The molecule has 3 N–H and O–H groups in total. The smallest absolute Gasteiger partial charge is 0.214 e. The van der Waals surface area contributed by atoms with Gasteiger partial charge >= 0.3 is 0 Å². The third-order valence-electron chi connectivity index (χ3n) is 1.75. The average Bonchev–Trinajstić information content (AvgIpc) is 2.59. The lowest BCUT2D eigenvalue weighted by molar-refractivity contribution is 0.839. The first-order valence-electron chi connectivity index (χ1n) is 4.22. The number of nitrogens with two attached hydrogens (primary N) is 1. The number of thioether (sulfide) groups is 1. The molecule has 7 heteroatoms. The normalized spacial score (nSPS) is 10.4. The van der Waals surface area contributed by atoms with E-state index in [1.807, 2.05) is 18.2 Å². The Morgan fingerprint density at radius 1 is 1.53 bits per heavy atom. The van der Waals surface area contributed by atoms with Crippen LogP contribution in [0.2, 0.25) is 0 Å². The van der Waals surface area contributed by atoms with E-state index in [0.717, 1.165) is 11.4 Å². The van der Waals surface area contributed by atoms with Gasteiger partial charge in [-0.15, -0.1) is 5.10 Å².